The number of para-hydroxylation sites is 1. The first-order valence-electron chi connectivity index (χ1n) is 15.0. The molecule has 0 N–H and O–H groups in total. The van der Waals surface area contributed by atoms with Crippen molar-refractivity contribution in [1.82, 2.24) is 9.97 Å². The van der Waals surface area contributed by atoms with E-state index in [4.69, 9.17) is 14.4 Å². The molecule has 3 heterocycles. The van der Waals surface area contributed by atoms with E-state index in [9.17, 15) is 0 Å². The molecule has 208 valence electrons. The summed E-state index contributed by atoms with van der Waals surface area (Å²) in [5, 5.41) is 4.82. The number of fused-ring (bicyclic) bond motifs is 6. The van der Waals surface area contributed by atoms with Gasteiger partial charge < -0.3 is 4.42 Å². The van der Waals surface area contributed by atoms with E-state index in [-0.39, 0.29) is 0 Å². The topological polar surface area (TPSA) is 38.9 Å². The van der Waals surface area contributed by atoms with E-state index >= 15 is 0 Å². The molecular formula is C40H26N2OS. The smallest absolute Gasteiger partial charge is 0.160 e. The molecule has 8 aromatic rings. The van der Waals surface area contributed by atoms with E-state index < -0.39 is 0 Å². The molecule has 0 fully saturated rings. The number of aromatic nitrogens is 2. The second-order valence-electron chi connectivity index (χ2n) is 11.3. The molecule has 0 saturated carbocycles. The number of rotatable bonds is 4. The molecule has 0 atom stereocenters. The first-order valence-corrected chi connectivity index (χ1v) is 15.8. The number of furan rings is 1. The second kappa shape index (κ2) is 10.1. The SMILES string of the molecule is C1=CC(c2nc(-c3ccccc3)cc(-c3ccc4sc5cc(-c6ccc7oc8ccccc8c7c6)ccc5c4c3)n2)=CCC1. The van der Waals surface area contributed by atoms with Crippen molar-refractivity contribution in [1.29, 1.82) is 0 Å². The second-order valence-corrected chi connectivity index (χ2v) is 12.4. The van der Waals surface area contributed by atoms with Crippen LogP contribution < -0.4 is 0 Å². The molecule has 0 spiro atoms. The molecule has 1 aliphatic carbocycles. The monoisotopic (exact) mass is 582 g/mol. The van der Waals surface area contributed by atoms with E-state index in [0.29, 0.717) is 0 Å². The zero-order valence-electron chi connectivity index (χ0n) is 23.8. The lowest BCUT2D eigenvalue weighted by Crippen LogP contribution is -1.99. The van der Waals surface area contributed by atoms with Crippen LogP contribution in [0.1, 0.15) is 18.7 Å². The predicted octanol–water partition coefficient (Wildman–Crippen LogP) is 11.5. The molecule has 1 aliphatic rings. The van der Waals surface area contributed by atoms with Gasteiger partial charge in [0, 0.05) is 47.6 Å². The highest BCUT2D eigenvalue weighted by Gasteiger charge is 2.15. The Balaban J connectivity index is 1.15. The molecule has 3 nitrogen and oxygen atoms in total. The maximum absolute atomic E-state index is 6.06. The zero-order valence-corrected chi connectivity index (χ0v) is 24.6. The van der Waals surface area contributed by atoms with Crippen LogP contribution in [-0.2, 0) is 0 Å². The lowest BCUT2D eigenvalue weighted by Gasteiger charge is -2.11. The van der Waals surface area contributed by atoms with Gasteiger partial charge in [-0.25, -0.2) is 9.97 Å². The third kappa shape index (κ3) is 4.26. The highest BCUT2D eigenvalue weighted by atomic mass is 32.1. The summed E-state index contributed by atoms with van der Waals surface area (Å²) < 4.78 is 8.61. The Hall–Kier alpha value is -5.32. The van der Waals surface area contributed by atoms with Crippen LogP contribution in [0.5, 0.6) is 0 Å². The molecular weight excluding hydrogens is 557 g/mol. The molecule has 0 amide bonds. The number of nitrogens with zero attached hydrogens (tertiary/aromatic N) is 2. The first kappa shape index (κ1) is 25.2. The highest BCUT2D eigenvalue weighted by molar-refractivity contribution is 7.25. The lowest BCUT2D eigenvalue weighted by atomic mass is 10.0. The fraction of sp³-hybridized carbons (Fsp3) is 0.0500. The van der Waals surface area contributed by atoms with Crippen LogP contribution in [0, 0.1) is 0 Å². The highest BCUT2D eigenvalue weighted by Crippen LogP contribution is 2.40. The molecule has 4 heteroatoms. The van der Waals surface area contributed by atoms with E-state index in [0.717, 1.165) is 68.7 Å². The minimum atomic E-state index is 0.777. The fourth-order valence-electron chi connectivity index (χ4n) is 6.28. The van der Waals surface area contributed by atoms with Crippen LogP contribution in [0.25, 0.3) is 81.3 Å². The summed E-state index contributed by atoms with van der Waals surface area (Å²) in [5.41, 5.74) is 9.40. The van der Waals surface area contributed by atoms with E-state index in [1.54, 1.807) is 0 Å². The average molecular weight is 583 g/mol. The third-order valence-electron chi connectivity index (χ3n) is 8.53. The molecule has 9 rings (SSSR count). The molecule has 44 heavy (non-hydrogen) atoms. The van der Waals surface area contributed by atoms with Gasteiger partial charge in [-0.15, -0.1) is 11.3 Å². The summed E-state index contributed by atoms with van der Waals surface area (Å²) in [6.07, 6.45) is 8.68. The van der Waals surface area contributed by atoms with Crippen molar-refractivity contribution in [3.05, 3.63) is 139 Å². The van der Waals surface area contributed by atoms with Crippen molar-refractivity contribution >= 4 is 59.0 Å². The predicted molar refractivity (Wildman–Crippen MR) is 185 cm³/mol. The summed E-state index contributed by atoms with van der Waals surface area (Å²) >= 11 is 1.84. The summed E-state index contributed by atoms with van der Waals surface area (Å²) in [5.74, 6) is 0.777. The summed E-state index contributed by atoms with van der Waals surface area (Å²) in [4.78, 5) is 10.1. The van der Waals surface area contributed by atoms with Crippen LogP contribution in [0.3, 0.4) is 0 Å². The maximum Gasteiger partial charge on any atom is 0.160 e. The van der Waals surface area contributed by atoms with Crippen molar-refractivity contribution in [2.45, 2.75) is 12.8 Å². The Bertz CT molecular complexity index is 2450. The zero-order chi connectivity index (χ0) is 29.0. The van der Waals surface area contributed by atoms with Gasteiger partial charge in [-0.2, -0.15) is 0 Å². The molecule has 0 radical (unpaired) electrons. The third-order valence-corrected chi connectivity index (χ3v) is 9.66. The van der Waals surface area contributed by atoms with Crippen molar-refractivity contribution in [2.75, 3.05) is 0 Å². The largest absolute Gasteiger partial charge is 0.456 e. The van der Waals surface area contributed by atoms with E-state index in [1.807, 2.05) is 29.5 Å². The van der Waals surface area contributed by atoms with Gasteiger partial charge in [0.1, 0.15) is 11.2 Å². The quantitative estimate of drug-likeness (QED) is 0.207. The molecule has 0 aliphatic heterocycles. The van der Waals surface area contributed by atoms with Crippen molar-refractivity contribution in [2.24, 2.45) is 0 Å². The van der Waals surface area contributed by atoms with Crippen LogP contribution in [0.4, 0.5) is 0 Å². The minimum absolute atomic E-state index is 0.777. The fourth-order valence-corrected chi connectivity index (χ4v) is 7.41. The summed E-state index contributed by atoms with van der Waals surface area (Å²) in [7, 11) is 0. The van der Waals surface area contributed by atoms with Crippen LogP contribution in [-0.4, -0.2) is 9.97 Å². The molecule has 0 unspecified atom stereocenters. The van der Waals surface area contributed by atoms with Gasteiger partial charge in [0.05, 0.1) is 11.4 Å². The van der Waals surface area contributed by atoms with Gasteiger partial charge in [-0.3, -0.25) is 0 Å². The average Bonchev–Trinajstić information content (AvgIpc) is 3.66. The van der Waals surface area contributed by atoms with E-state index in [2.05, 4.69) is 115 Å². The number of benzene rings is 5. The van der Waals surface area contributed by atoms with Gasteiger partial charge in [0.15, 0.2) is 5.82 Å². The van der Waals surface area contributed by atoms with Gasteiger partial charge in [-0.05, 0) is 66.4 Å². The van der Waals surface area contributed by atoms with Gasteiger partial charge in [0.25, 0.3) is 0 Å². The van der Waals surface area contributed by atoms with Gasteiger partial charge >= 0.3 is 0 Å². The van der Waals surface area contributed by atoms with E-state index in [1.165, 1.54) is 31.3 Å². The van der Waals surface area contributed by atoms with Gasteiger partial charge in [-0.1, -0.05) is 91.0 Å². The number of thiophene rings is 1. The Morgan fingerprint density at radius 3 is 2.16 bits per heavy atom. The number of hydrogen-bond donors (Lipinski definition) is 0. The summed E-state index contributed by atoms with van der Waals surface area (Å²) in [6, 6.07) is 40.8. The maximum atomic E-state index is 6.06. The van der Waals surface area contributed by atoms with Crippen molar-refractivity contribution < 1.29 is 4.42 Å². The molecule has 3 aromatic heterocycles. The molecule has 0 bridgehead atoms. The summed E-state index contributed by atoms with van der Waals surface area (Å²) in [6.45, 7) is 0. The molecule has 5 aromatic carbocycles. The normalized spacial score (nSPS) is 13.3. The Morgan fingerprint density at radius 2 is 1.27 bits per heavy atom. The van der Waals surface area contributed by atoms with Gasteiger partial charge in [0.2, 0.25) is 0 Å². The minimum Gasteiger partial charge on any atom is -0.456 e. The van der Waals surface area contributed by atoms with Crippen LogP contribution in [0.15, 0.2) is 138 Å². The molecule has 0 saturated heterocycles. The lowest BCUT2D eigenvalue weighted by molar-refractivity contribution is 0.669. The Morgan fingerprint density at radius 1 is 0.523 bits per heavy atom. The standard InChI is InChI=1S/C40H26N2OS/c1-3-9-25(10-4-1)34-24-35(42-40(41-34)26-11-5-2-6-12-26)29-17-20-38-33(22-29)31-18-15-28(23-39(31)44-38)27-16-19-37-32(21-27)30-13-7-8-14-36(30)43-37/h1,3-5,7-24H,2,6H2. The number of hydrogen-bond acceptors (Lipinski definition) is 4. The number of allylic oxidation sites excluding steroid dienone is 4. The van der Waals surface area contributed by atoms with Crippen molar-refractivity contribution in [3.63, 3.8) is 0 Å². The van der Waals surface area contributed by atoms with Crippen molar-refractivity contribution in [3.8, 4) is 33.6 Å². The van der Waals surface area contributed by atoms with Crippen LogP contribution >= 0.6 is 11.3 Å². The van der Waals surface area contributed by atoms with Crippen LogP contribution in [0.2, 0.25) is 0 Å². The Labute approximate surface area is 258 Å². The Kier molecular flexibility index (Phi) is 5.81. The first-order chi connectivity index (χ1) is 21.8.